The van der Waals surface area contributed by atoms with Crippen molar-refractivity contribution in [1.29, 1.82) is 0 Å². The van der Waals surface area contributed by atoms with Crippen LogP contribution < -0.4 is 10.6 Å². The molecule has 104 valence electrons. The zero-order valence-corrected chi connectivity index (χ0v) is 11.7. The molecule has 6 heteroatoms. The quantitative estimate of drug-likeness (QED) is 0.889. The van der Waals surface area contributed by atoms with Gasteiger partial charge in [0.25, 0.3) is 0 Å². The highest BCUT2D eigenvalue weighted by molar-refractivity contribution is 5.46. The highest BCUT2D eigenvalue weighted by Gasteiger charge is 2.18. The van der Waals surface area contributed by atoms with E-state index in [1.54, 1.807) is 6.20 Å². The molecule has 2 aromatic rings. The molecule has 0 saturated carbocycles. The predicted molar refractivity (Wildman–Crippen MR) is 76.8 cm³/mol. The van der Waals surface area contributed by atoms with Gasteiger partial charge in [-0.1, -0.05) is 0 Å². The standard InChI is InChI=1S/C14H18N6/c1-9-6-10(2)18-14(17-9)20-13-8-15-7-12(19-13)11-4-3-5-16-11/h6-8,11,16H,3-5H2,1-2H3,(H,17,18,19,20). The van der Waals surface area contributed by atoms with Crippen LogP contribution in [0.15, 0.2) is 18.5 Å². The van der Waals surface area contributed by atoms with Crippen LogP contribution in [0.5, 0.6) is 0 Å². The van der Waals surface area contributed by atoms with E-state index < -0.39 is 0 Å². The molecule has 2 N–H and O–H groups in total. The summed E-state index contributed by atoms with van der Waals surface area (Å²) in [4.78, 5) is 17.5. The van der Waals surface area contributed by atoms with E-state index >= 15 is 0 Å². The monoisotopic (exact) mass is 270 g/mol. The molecular weight excluding hydrogens is 252 g/mol. The average Bonchev–Trinajstić information content (AvgIpc) is 2.91. The summed E-state index contributed by atoms with van der Waals surface area (Å²) < 4.78 is 0. The Bertz CT molecular complexity index is 586. The van der Waals surface area contributed by atoms with Crippen LogP contribution in [-0.2, 0) is 0 Å². The third-order valence-electron chi connectivity index (χ3n) is 3.29. The van der Waals surface area contributed by atoms with Gasteiger partial charge < -0.3 is 10.6 Å². The van der Waals surface area contributed by atoms with Gasteiger partial charge in [-0.15, -0.1) is 0 Å². The molecule has 0 aliphatic carbocycles. The second kappa shape index (κ2) is 5.50. The Morgan fingerprint density at radius 1 is 1.15 bits per heavy atom. The minimum atomic E-state index is 0.310. The van der Waals surface area contributed by atoms with Gasteiger partial charge in [-0.05, 0) is 39.3 Å². The zero-order valence-electron chi connectivity index (χ0n) is 11.7. The van der Waals surface area contributed by atoms with Crippen molar-refractivity contribution in [3.8, 4) is 0 Å². The molecule has 3 heterocycles. The predicted octanol–water partition coefficient (Wildman–Crippen LogP) is 2.05. The molecule has 0 amide bonds. The third-order valence-corrected chi connectivity index (χ3v) is 3.29. The van der Waals surface area contributed by atoms with Crippen LogP contribution in [0.1, 0.15) is 36.0 Å². The van der Waals surface area contributed by atoms with Crippen molar-refractivity contribution in [3.63, 3.8) is 0 Å². The molecule has 1 atom stereocenters. The van der Waals surface area contributed by atoms with E-state index in [1.807, 2.05) is 26.1 Å². The Morgan fingerprint density at radius 3 is 2.65 bits per heavy atom. The van der Waals surface area contributed by atoms with Gasteiger partial charge in [0.1, 0.15) is 0 Å². The van der Waals surface area contributed by atoms with E-state index in [-0.39, 0.29) is 0 Å². The largest absolute Gasteiger partial charge is 0.309 e. The normalized spacial score (nSPS) is 18.2. The van der Waals surface area contributed by atoms with Gasteiger partial charge in [0.2, 0.25) is 5.95 Å². The second-order valence-corrected chi connectivity index (χ2v) is 5.08. The lowest BCUT2D eigenvalue weighted by Gasteiger charge is -2.11. The lowest BCUT2D eigenvalue weighted by atomic mass is 10.2. The average molecular weight is 270 g/mol. The van der Waals surface area contributed by atoms with Crippen LogP contribution in [0, 0.1) is 13.8 Å². The molecule has 20 heavy (non-hydrogen) atoms. The Morgan fingerprint density at radius 2 is 1.95 bits per heavy atom. The fourth-order valence-corrected chi connectivity index (χ4v) is 2.44. The number of aromatic nitrogens is 4. The number of aryl methyl sites for hydroxylation is 2. The fraction of sp³-hybridized carbons (Fsp3) is 0.429. The molecule has 0 aromatic carbocycles. The molecule has 0 bridgehead atoms. The molecule has 1 saturated heterocycles. The van der Waals surface area contributed by atoms with Crippen molar-refractivity contribution in [3.05, 3.63) is 35.5 Å². The van der Waals surface area contributed by atoms with Crippen LogP contribution in [0.4, 0.5) is 11.8 Å². The van der Waals surface area contributed by atoms with Crippen molar-refractivity contribution in [2.24, 2.45) is 0 Å². The van der Waals surface area contributed by atoms with Crippen LogP contribution in [0.25, 0.3) is 0 Å². The molecule has 1 aliphatic rings. The summed E-state index contributed by atoms with van der Waals surface area (Å²) in [7, 11) is 0. The first kappa shape index (κ1) is 12.9. The molecular formula is C14H18N6. The summed E-state index contributed by atoms with van der Waals surface area (Å²) in [6.07, 6.45) is 5.80. The maximum Gasteiger partial charge on any atom is 0.228 e. The molecule has 0 spiro atoms. The number of rotatable bonds is 3. The van der Waals surface area contributed by atoms with E-state index in [4.69, 9.17) is 0 Å². The van der Waals surface area contributed by atoms with Crippen molar-refractivity contribution in [2.45, 2.75) is 32.7 Å². The lowest BCUT2D eigenvalue weighted by Crippen LogP contribution is -2.15. The molecule has 1 aliphatic heterocycles. The Labute approximate surface area is 118 Å². The van der Waals surface area contributed by atoms with Crippen LogP contribution in [-0.4, -0.2) is 26.5 Å². The molecule has 1 unspecified atom stereocenters. The van der Waals surface area contributed by atoms with E-state index in [0.717, 1.165) is 30.0 Å². The Kier molecular flexibility index (Phi) is 3.56. The summed E-state index contributed by atoms with van der Waals surface area (Å²) >= 11 is 0. The van der Waals surface area contributed by atoms with Crippen LogP contribution >= 0.6 is 0 Å². The first-order valence-electron chi connectivity index (χ1n) is 6.85. The van der Waals surface area contributed by atoms with Gasteiger partial charge in [0, 0.05) is 11.4 Å². The van der Waals surface area contributed by atoms with Gasteiger partial charge in [-0.25, -0.2) is 15.0 Å². The van der Waals surface area contributed by atoms with Gasteiger partial charge >= 0.3 is 0 Å². The first-order valence-corrected chi connectivity index (χ1v) is 6.85. The van der Waals surface area contributed by atoms with Crippen molar-refractivity contribution >= 4 is 11.8 Å². The number of nitrogens with zero attached hydrogens (tertiary/aromatic N) is 4. The van der Waals surface area contributed by atoms with Crippen molar-refractivity contribution in [1.82, 2.24) is 25.3 Å². The third kappa shape index (κ3) is 2.91. The highest BCUT2D eigenvalue weighted by atomic mass is 15.2. The zero-order chi connectivity index (χ0) is 13.9. The molecule has 0 radical (unpaired) electrons. The number of hydrogen-bond donors (Lipinski definition) is 2. The maximum atomic E-state index is 4.59. The first-order chi connectivity index (χ1) is 9.70. The summed E-state index contributed by atoms with van der Waals surface area (Å²) in [5.74, 6) is 1.24. The van der Waals surface area contributed by atoms with Crippen LogP contribution in [0.2, 0.25) is 0 Å². The van der Waals surface area contributed by atoms with Gasteiger partial charge in [-0.2, -0.15) is 0 Å². The maximum absolute atomic E-state index is 4.59. The van der Waals surface area contributed by atoms with E-state index in [0.29, 0.717) is 17.8 Å². The number of anilines is 2. The number of hydrogen-bond acceptors (Lipinski definition) is 6. The van der Waals surface area contributed by atoms with Crippen LogP contribution in [0.3, 0.4) is 0 Å². The summed E-state index contributed by atoms with van der Waals surface area (Å²) in [5.41, 5.74) is 2.83. The smallest absolute Gasteiger partial charge is 0.228 e. The molecule has 3 rings (SSSR count). The molecule has 6 nitrogen and oxygen atoms in total. The summed E-state index contributed by atoms with van der Waals surface area (Å²) in [5, 5.41) is 6.55. The minimum Gasteiger partial charge on any atom is -0.309 e. The Hall–Kier alpha value is -2.08. The van der Waals surface area contributed by atoms with Crippen molar-refractivity contribution < 1.29 is 0 Å². The molecule has 1 fully saturated rings. The topological polar surface area (TPSA) is 75.6 Å². The number of nitrogens with one attached hydrogen (secondary N) is 2. The summed E-state index contributed by atoms with van der Waals surface area (Å²) in [6, 6.07) is 2.25. The van der Waals surface area contributed by atoms with E-state index in [2.05, 4.69) is 30.6 Å². The van der Waals surface area contributed by atoms with Crippen molar-refractivity contribution in [2.75, 3.05) is 11.9 Å². The fourth-order valence-electron chi connectivity index (χ4n) is 2.44. The van der Waals surface area contributed by atoms with E-state index in [1.165, 1.54) is 6.42 Å². The van der Waals surface area contributed by atoms with Gasteiger partial charge in [0.05, 0.1) is 24.1 Å². The van der Waals surface area contributed by atoms with Gasteiger partial charge in [0.15, 0.2) is 5.82 Å². The minimum absolute atomic E-state index is 0.310. The summed E-state index contributed by atoms with van der Waals surface area (Å²) in [6.45, 7) is 4.94. The lowest BCUT2D eigenvalue weighted by molar-refractivity contribution is 0.625. The Balaban J connectivity index is 1.81. The van der Waals surface area contributed by atoms with Gasteiger partial charge in [-0.3, -0.25) is 4.98 Å². The highest BCUT2D eigenvalue weighted by Crippen LogP contribution is 2.22. The van der Waals surface area contributed by atoms with E-state index in [9.17, 15) is 0 Å². The molecule has 2 aromatic heterocycles. The SMILES string of the molecule is Cc1cc(C)nc(Nc2cncc(C3CCCN3)n2)n1. The second-order valence-electron chi connectivity index (χ2n) is 5.08.